The molecule has 108 valence electrons. The first-order valence-corrected chi connectivity index (χ1v) is 7.72. The second-order valence-electron chi connectivity index (χ2n) is 6.27. The van der Waals surface area contributed by atoms with Gasteiger partial charge in [0.2, 0.25) is 0 Å². The van der Waals surface area contributed by atoms with Gasteiger partial charge in [-0.05, 0) is 42.5 Å². The third-order valence-corrected chi connectivity index (χ3v) is 4.02. The van der Waals surface area contributed by atoms with Crippen LogP contribution >= 0.6 is 0 Å². The quantitative estimate of drug-likeness (QED) is 0.736. The maximum absolute atomic E-state index is 3.49. The average Bonchev–Trinajstić information content (AvgIpc) is 2.90. The van der Waals surface area contributed by atoms with Gasteiger partial charge in [0.1, 0.15) is 0 Å². The van der Waals surface area contributed by atoms with Crippen LogP contribution in [0.5, 0.6) is 0 Å². The number of fused-ring (bicyclic) bond motifs is 1. The standard InChI is InChI=1S/C19H22N2/c1-13(2)12-15-8-10-16(11-9-15)14(3)19-20-17-6-4-5-7-18(17)21-19/h4-11,13-14H,12H2,1-3H3,(H,20,21)/p+1. The van der Waals surface area contributed by atoms with Crippen LogP contribution in [0, 0.1) is 5.92 Å². The van der Waals surface area contributed by atoms with Crippen molar-refractivity contribution < 1.29 is 4.98 Å². The molecule has 0 saturated carbocycles. The fraction of sp³-hybridized carbons (Fsp3) is 0.316. The number of benzene rings is 2. The van der Waals surface area contributed by atoms with Crippen LogP contribution in [0.4, 0.5) is 0 Å². The Balaban J connectivity index is 1.85. The van der Waals surface area contributed by atoms with Gasteiger partial charge in [-0.1, -0.05) is 50.2 Å². The van der Waals surface area contributed by atoms with Crippen LogP contribution < -0.4 is 4.98 Å². The minimum Gasteiger partial charge on any atom is -0.240 e. The van der Waals surface area contributed by atoms with Crippen molar-refractivity contribution in [1.82, 2.24) is 4.98 Å². The lowest BCUT2D eigenvalue weighted by atomic mass is 9.96. The Morgan fingerprint density at radius 2 is 1.67 bits per heavy atom. The Hall–Kier alpha value is -2.09. The van der Waals surface area contributed by atoms with Gasteiger partial charge >= 0.3 is 0 Å². The van der Waals surface area contributed by atoms with Gasteiger partial charge in [0.05, 0.1) is 5.92 Å². The molecule has 21 heavy (non-hydrogen) atoms. The number of imidazole rings is 1. The van der Waals surface area contributed by atoms with Crippen molar-refractivity contribution in [2.75, 3.05) is 0 Å². The summed E-state index contributed by atoms with van der Waals surface area (Å²) in [7, 11) is 0. The van der Waals surface area contributed by atoms with E-state index >= 15 is 0 Å². The Morgan fingerprint density at radius 1 is 0.952 bits per heavy atom. The molecule has 0 radical (unpaired) electrons. The first-order chi connectivity index (χ1) is 10.1. The van der Waals surface area contributed by atoms with Gasteiger partial charge in [0.15, 0.2) is 11.0 Å². The molecule has 0 saturated heterocycles. The first kappa shape index (κ1) is 13.9. The summed E-state index contributed by atoms with van der Waals surface area (Å²) in [5.41, 5.74) is 5.08. The minimum absolute atomic E-state index is 0.338. The minimum atomic E-state index is 0.338. The number of para-hydroxylation sites is 2. The molecular weight excluding hydrogens is 256 g/mol. The van der Waals surface area contributed by atoms with E-state index in [1.165, 1.54) is 11.1 Å². The van der Waals surface area contributed by atoms with Crippen molar-refractivity contribution in [1.29, 1.82) is 0 Å². The summed E-state index contributed by atoms with van der Waals surface area (Å²) < 4.78 is 0. The molecule has 0 bridgehead atoms. The molecule has 2 aromatic carbocycles. The monoisotopic (exact) mass is 279 g/mol. The number of rotatable bonds is 4. The van der Waals surface area contributed by atoms with Gasteiger partial charge in [-0.3, -0.25) is 0 Å². The smallest absolute Gasteiger partial charge is 0.240 e. The summed E-state index contributed by atoms with van der Waals surface area (Å²) in [6.07, 6.45) is 1.15. The van der Waals surface area contributed by atoms with Gasteiger partial charge in [-0.2, -0.15) is 0 Å². The summed E-state index contributed by atoms with van der Waals surface area (Å²) in [6, 6.07) is 17.3. The van der Waals surface area contributed by atoms with Crippen LogP contribution in [0.25, 0.3) is 11.0 Å². The average molecular weight is 279 g/mol. The van der Waals surface area contributed by atoms with Crippen molar-refractivity contribution in [2.45, 2.75) is 33.1 Å². The molecule has 1 aromatic heterocycles. The van der Waals surface area contributed by atoms with E-state index in [1.54, 1.807) is 0 Å². The highest BCUT2D eigenvalue weighted by Crippen LogP contribution is 2.22. The molecule has 1 atom stereocenters. The molecule has 0 aliphatic rings. The van der Waals surface area contributed by atoms with Gasteiger partial charge < -0.3 is 0 Å². The van der Waals surface area contributed by atoms with E-state index in [0.29, 0.717) is 11.8 Å². The summed E-state index contributed by atoms with van der Waals surface area (Å²) in [6.45, 7) is 6.75. The molecule has 2 heteroatoms. The van der Waals surface area contributed by atoms with Crippen LogP contribution in [-0.4, -0.2) is 4.98 Å². The fourth-order valence-corrected chi connectivity index (χ4v) is 2.82. The SMILES string of the molecule is CC(C)Cc1ccc(C(C)c2[nH]c3ccccc3[nH+]2)cc1. The van der Waals surface area contributed by atoms with E-state index in [0.717, 1.165) is 23.3 Å². The zero-order valence-electron chi connectivity index (χ0n) is 13.0. The Morgan fingerprint density at radius 3 is 2.33 bits per heavy atom. The largest absolute Gasteiger partial charge is 0.260 e. The zero-order chi connectivity index (χ0) is 14.8. The zero-order valence-corrected chi connectivity index (χ0v) is 13.0. The Labute approximate surface area is 126 Å². The highest BCUT2D eigenvalue weighted by atomic mass is 14.9. The van der Waals surface area contributed by atoms with Crippen LogP contribution in [0.2, 0.25) is 0 Å². The maximum atomic E-state index is 3.49. The summed E-state index contributed by atoms with van der Waals surface area (Å²) >= 11 is 0. The lowest BCUT2D eigenvalue weighted by Crippen LogP contribution is -2.11. The molecule has 0 aliphatic carbocycles. The van der Waals surface area contributed by atoms with E-state index in [4.69, 9.17) is 0 Å². The van der Waals surface area contributed by atoms with Gasteiger partial charge in [0, 0.05) is 0 Å². The molecule has 1 unspecified atom stereocenters. The van der Waals surface area contributed by atoms with E-state index < -0.39 is 0 Å². The van der Waals surface area contributed by atoms with Crippen LogP contribution in [-0.2, 0) is 6.42 Å². The molecule has 0 amide bonds. The lowest BCUT2D eigenvalue weighted by molar-refractivity contribution is -0.359. The second kappa shape index (κ2) is 5.72. The van der Waals surface area contributed by atoms with Crippen molar-refractivity contribution in [3.05, 3.63) is 65.5 Å². The van der Waals surface area contributed by atoms with Gasteiger partial charge in [-0.25, -0.2) is 9.97 Å². The highest BCUT2D eigenvalue weighted by Gasteiger charge is 2.18. The molecule has 0 aliphatic heterocycles. The molecule has 2 nitrogen and oxygen atoms in total. The van der Waals surface area contributed by atoms with Gasteiger partial charge in [0.25, 0.3) is 5.82 Å². The number of hydrogen-bond donors (Lipinski definition) is 1. The van der Waals surface area contributed by atoms with Crippen molar-refractivity contribution in [3.63, 3.8) is 0 Å². The van der Waals surface area contributed by atoms with Crippen LogP contribution in [0.15, 0.2) is 48.5 Å². The molecule has 1 heterocycles. The van der Waals surface area contributed by atoms with Crippen molar-refractivity contribution in [2.24, 2.45) is 5.92 Å². The third kappa shape index (κ3) is 2.99. The molecule has 2 N–H and O–H groups in total. The van der Waals surface area contributed by atoms with E-state index in [9.17, 15) is 0 Å². The molecule has 3 aromatic rings. The van der Waals surface area contributed by atoms with Crippen molar-refractivity contribution in [3.8, 4) is 0 Å². The Kier molecular flexibility index (Phi) is 3.78. The van der Waals surface area contributed by atoms with Crippen LogP contribution in [0.3, 0.4) is 0 Å². The molecule has 0 spiro atoms. The number of hydrogen-bond acceptors (Lipinski definition) is 0. The number of aromatic nitrogens is 2. The van der Waals surface area contributed by atoms with Gasteiger partial charge in [-0.15, -0.1) is 0 Å². The Bertz CT molecular complexity index is 690. The lowest BCUT2D eigenvalue weighted by Gasteiger charge is -2.08. The van der Waals surface area contributed by atoms with E-state index in [-0.39, 0.29) is 0 Å². The normalized spacial score (nSPS) is 13.0. The highest BCUT2D eigenvalue weighted by molar-refractivity contribution is 5.70. The van der Waals surface area contributed by atoms with Crippen LogP contribution in [0.1, 0.15) is 43.6 Å². The molecule has 0 fully saturated rings. The van der Waals surface area contributed by atoms with E-state index in [2.05, 4.69) is 79.3 Å². The first-order valence-electron chi connectivity index (χ1n) is 7.72. The topological polar surface area (TPSA) is 29.9 Å². The predicted molar refractivity (Wildman–Crippen MR) is 87.4 cm³/mol. The summed E-state index contributed by atoms with van der Waals surface area (Å²) in [4.78, 5) is 6.97. The molecule has 3 rings (SSSR count). The third-order valence-electron chi connectivity index (χ3n) is 4.02. The summed E-state index contributed by atoms with van der Waals surface area (Å²) in [5.74, 6) is 2.20. The number of H-pyrrole nitrogens is 2. The van der Waals surface area contributed by atoms with Crippen molar-refractivity contribution >= 4 is 11.0 Å². The summed E-state index contributed by atoms with van der Waals surface area (Å²) in [5, 5.41) is 0. The second-order valence-corrected chi connectivity index (χ2v) is 6.27. The number of nitrogens with one attached hydrogen (secondary N) is 2. The fourth-order valence-electron chi connectivity index (χ4n) is 2.82. The van der Waals surface area contributed by atoms with E-state index in [1.807, 2.05) is 0 Å². The molecular formula is C19H23N2+. The number of aromatic amines is 2. The predicted octanol–water partition coefficient (Wildman–Crippen LogP) is 4.33. The maximum Gasteiger partial charge on any atom is 0.260 e.